The van der Waals surface area contributed by atoms with E-state index >= 15 is 0 Å². The van der Waals surface area contributed by atoms with Crippen LogP contribution in [0.2, 0.25) is 0 Å². The minimum absolute atomic E-state index is 0.794. The van der Waals surface area contributed by atoms with Gasteiger partial charge in [0.2, 0.25) is 0 Å². The Balaban J connectivity index is 1.73. The topological polar surface area (TPSA) is 54.2 Å². The number of aryl methyl sites for hydroxylation is 2. The van der Waals surface area contributed by atoms with Gasteiger partial charge in [0.25, 0.3) is 0 Å². The van der Waals surface area contributed by atoms with Gasteiger partial charge in [-0.05, 0) is 30.0 Å². The summed E-state index contributed by atoms with van der Waals surface area (Å²) in [5, 5.41) is 10.9. The standard InChI is InChI=1S/C17H25N5/c1-3-15-8-4-5-9-16(15)14-20-17(18-2)19-10-6-12-22-13-7-11-21-22/h4-5,7-9,11,13H,3,6,10,12,14H2,1-2H3,(H2,18,19,20). The average Bonchev–Trinajstić information content (AvgIpc) is 3.08. The highest BCUT2D eigenvalue weighted by molar-refractivity contribution is 5.79. The van der Waals surface area contributed by atoms with E-state index < -0.39 is 0 Å². The predicted octanol–water partition coefficient (Wildman–Crippen LogP) is 2.20. The van der Waals surface area contributed by atoms with Crippen molar-refractivity contribution in [2.24, 2.45) is 4.99 Å². The van der Waals surface area contributed by atoms with Crippen LogP contribution in [0, 0.1) is 0 Å². The van der Waals surface area contributed by atoms with Crippen LogP contribution in [0.3, 0.4) is 0 Å². The fourth-order valence-electron chi connectivity index (χ4n) is 2.35. The number of benzene rings is 1. The smallest absolute Gasteiger partial charge is 0.191 e. The molecule has 1 aromatic heterocycles. The minimum Gasteiger partial charge on any atom is -0.356 e. The molecule has 22 heavy (non-hydrogen) atoms. The number of rotatable bonds is 7. The van der Waals surface area contributed by atoms with Crippen molar-refractivity contribution in [1.29, 1.82) is 0 Å². The first kappa shape index (κ1) is 16.1. The lowest BCUT2D eigenvalue weighted by atomic mass is 10.1. The zero-order valence-corrected chi connectivity index (χ0v) is 13.4. The van der Waals surface area contributed by atoms with Gasteiger partial charge in [-0.2, -0.15) is 5.10 Å². The molecule has 1 aromatic carbocycles. The SMILES string of the molecule is CCc1ccccc1CNC(=NC)NCCCn1cccn1. The maximum absolute atomic E-state index is 4.27. The molecule has 0 unspecified atom stereocenters. The van der Waals surface area contributed by atoms with Crippen molar-refractivity contribution in [1.82, 2.24) is 20.4 Å². The first-order chi connectivity index (χ1) is 10.8. The van der Waals surface area contributed by atoms with Crippen LogP contribution in [0.5, 0.6) is 0 Å². The van der Waals surface area contributed by atoms with Crippen molar-refractivity contribution < 1.29 is 0 Å². The fourth-order valence-corrected chi connectivity index (χ4v) is 2.35. The largest absolute Gasteiger partial charge is 0.356 e. The van der Waals surface area contributed by atoms with E-state index in [9.17, 15) is 0 Å². The molecule has 5 nitrogen and oxygen atoms in total. The van der Waals surface area contributed by atoms with E-state index in [0.717, 1.165) is 38.4 Å². The van der Waals surface area contributed by atoms with Crippen LogP contribution in [0.15, 0.2) is 47.7 Å². The summed E-state index contributed by atoms with van der Waals surface area (Å²) in [7, 11) is 1.80. The van der Waals surface area contributed by atoms with Crippen molar-refractivity contribution in [3.8, 4) is 0 Å². The molecule has 0 bridgehead atoms. The third kappa shape index (κ3) is 4.91. The zero-order valence-electron chi connectivity index (χ0n) is 13.4. The molecule has 0 amide bonds. The first-order valence-electron chi connectivity index (χ1n) is 7.82. The second-order valence-corrected chi connectivity index (χ2v) is 5.10. The maximum atomic E-state index is 4.27. The van der Waals surface area contributed by atoms with Crippen molar-refractivity contribution in [3.63, 3.8) is 0 Å². The molecule has 0 spiro atoms. The number of nitrogens with zero attached hydrogens (tertiary/aromatic N) is 3. The highest BCUT2D eigenvalue weighted by atomic mass is 15.3. The van der Waals surface area contributed by atoms with Crippen LogP contribution < -0.4 is 10.6 Å². The second-order valence-electron chi connectivity index (χ2n) is 5.10. The van der Waals surface area contributed by atoms with Crippen LogP contribution in [0.25, 0.3) is 0 Å². The van der Waals surface area contributed by atoms with Crippen LogP contribution in [-0.2, 0) is 19.5 Å². The number of hydrogen-bond donors (Lipinski definition) is 2. The Hall–Kier alpha value is -2.30. The molecule has 0 aliphatic carbocycles. The predicted molar refractivity (Wildman–Crippen MR) is 90.9 cm³/mol. The third-order valence-corrected chi connectivity index (χ3v) is 3.58. The molecule has 0 saturated heterocycles. The minimum atomic E-state index is 0.794. The fraction of sp³-hybridized carbons (Fsp3) is 0.412. The Labute approximate surface area is 132 Å². The summed E-state index contributed by atoms with van der Waals surface area (Å²) < 4.78 is 1.94. The van der Waals surface area contributed by atoms with Crippen LogP contribution in [-0.4, -0.2) is 29.3 Å². The lowest BCUT2D eigenvalue weighted by Crippen LogP contribution is -2.37. The van der Waals surface area contributed by atoms with Crippen molar-refractivity contribution in [3.05, 3.63) is 53.9 Å². The maximum Gasteiger partial charge on any atom is 0.191 e. The first-order valence-corrected chi connectivity index (χ1v) is 7.82. The molecule has 0 aliphatic heterocycles. The Kier molecular flexibility index (Phi) is 6.48. The molecule has 0 saturated carbocycles. The summed E-state index contributed by atoms with van der Waals surface area (Å²) >= 11 is 0. The zero-order chi connectivity index (χ0) is 15.6. The Morgan fingerprint density at radius 1 is 1.18 bits per heavy atom. The normalized spacial score (nSPS) is 11.5. The van der Waals surface area contributed by atoms with Gasteiger partial charge in [-0.1, -0.05) is 31.2 Å². The van der Waals surface area contributed by atoms with E-state index in [-0.39, 0.29) is 0 Å². The quantitative estimate of drug-likeness (QED) is 0.468. The third-order valence-electron chi connectivity index (χ3n) is 3.58. The van der Waals surface area contributed by atoms with E-state index in [0.29, 0.717) is 0 Å². The molecular weight excluding hydrogens is 274 g/mol. The molecule has 5 heteroatoms. The molecular formula is C17H25N5. The summed E-state index contributed by atoms with van der Waals surface area (Å²) in [6.07, 6.45) is 5.84. The van der Waals surface area contributed by atoms with Gasteiger partial charge in [0, 0.05) is 39.1 Å². The molecule has 118 valence electrons. The number of aromatic nitrogens is 2. The number of hydrogen-bond acceptors (Lipinski definition) is 2. The monoisotopic (exact) mass is 299 g/mol. The Morgan fingerprint density at radius 3 is 2.68 bits per heavy atom. The van der Waals surface area contributed by atoms with Gasteiger partial charge in [-0.15, -0.1) is 0 Å². The molecule has 1 heterocycles. The number of aliphatic imine (C=N–C) groups is 1. The summed E-state index contributed by atoms with van der Waals surface area (Å²) in [5.74, 6) is 0.839. The highest BCUT2D eigenvalue weighted by Gasteiger charge is 2.01. The van der Waals surface area contributed by atoms with Crippen molar-refractivity contribution in [2.75, 3.05) is 13.6 Å². The van der Waals surface area contributed by atoms with E-state index in [1.807, 2.05) is 16.9 Å². The van der Waals surface area contributed by atoms with Gasteiger partial charge in [0.1, 0.15) is 0 Å². The van der Waals surface area contributed by atoms with Crippen LogP contribution >= 0.6 is 0 Å². The highest BCUT2D eigenvalue weighted by Crippen LogP contribution is 2.08. The van der Waals surface area contributed by atoms with E-state index in [4.69, 9.17) is 0 Å². The molecule has 2 N–H and O–H groups in total. The van der Waals surface area contributed by atoms with Crippen LogP contribution in [0.1, 0.15) is 24.5 Å². The summed E-state index contributed by atoms with van der Waals surface area (Å²) in [5.41, 5.74) is 2.70. The van der Waals surface area contributed by atoms with Gasteiger partial charge in [0.15, 0.2) is 5.96 Å². The molecule has 2 aromatic rings. The Morgan fingerprint density at radius 2 is 2.00 bits per heavy atom. The molecule has 0 atom stereocenters. The lowest BCUT2D eigenvalue weighted by molar-refractivity contribution is 0.570. The van der Waals surface area contributed by atoms with Gasteiger partial charge in [0.05, 0.1) is 0 Å². The summed E-state index contributed by atoms with van der Waals surface area (Å²) in [4.78, 5) is 4.27. The van der Waals surface area contributed by atoms with Crippen molar-refractivity contribution >= 4 is 5.96 Å². The number of nitrogens with one attached hydrogen (secondary N) is 2. The molecule has 0 fully saturated rings. The summed E-state index contributed by atoms with van der Waals surface area (Å²) in [6.45, 7) is 4.76. The lowest BCUT2D eigenvalue weighted by Gasteiger charge is -2.13. The van der Waals surface area contributed by atoms with Gasteiger partial charge in [-0.3, -0.25) is 9.67 Å². The molecule has 2 rings (SSSR count). The van der Waals surface area contributed by atoms with E-state index in [1.165, 1.54) is 11.1 Å². The molecule has 0 aliphatic rings. The second kappa shape index (κ2) is 8.87. The van der Waals surface area contributed by atoms with E-state index in [1.54, 1.807) is 13.2 Å². The van der Waals surface area contributed by atoms with Gasteiger partial charge >= 0.3 is 0 Å². The average molecular weight is 299 g/mol. The van der Waals surface area contributed by atoms with Crippen molar-refractivity contribution in [2.45, 2.75) is 32.9 Å². The Bertz CT molecular complexity index is 574. The molecule has 0 radical (unpaired) electrons. The van der Waals surface area contributed by atoms with Gasteiger partial charge in [-0.25, -0.2) is 0 Å². The number of guanidine groups is 1. The van der Waals surface area contributed by atoms with E-state index in [2.05, 4.69) is 51.9 Å². The summed E-state index contributed by atoms with van der Waals surface area (Å²) in [6, 6.07) is 10.5. The van der Waals surface area contributed by atoms with Gasteiger partial charge < -0.3 is 10.6 Å². The van der Waals surface area contributed by atoms with Crippen LogP contribution in [0.4, 0.5) is 0 Å².